The fraction of sp³-hybridized carbons (Fsp3) is 0.125. The number of nitrogens with one attached hydrogen (secondary N) is 1. The van der Waals surface area contributed by atoms with Crippen molar-refractivity contribution in [1.82, 2.24) is 9.78 Å². The van der Waals surface area contributed by atoms with Crippen LogP contribution in [0, 0.1) is 20.4 Å². The van der Waals surface area contributed by atoms with Crippen molar-refractivity contribution in [2.24, 2.45) is 0 Å². The Kier molecular flexibility index (Phi) is 5.67. The van der Waals surface area contributed by atoms with Gasteiger partial charge in [0, 0.05) is 11.1 Å². The molecule has 4 rings (SSSR count). The highest BCUT2D eigenvalue weighted by Gasteiger charge is 2.23. The first-order valence-electron chi connectivity index (χ1n) is 9.72. The number of carboxylic acids is 1. The van der Waals surface area contributed by atoms with E-state index in [1.807, 2.05) is 43.5 Å². The van der Waals surface area contributed by atoms with Crippen molar-refractivity contribution in [3.8, 4) is 22.6 Å². The number of aromatic carboxylic acids is 1. The number of methoxy groups -OCH3 is 1. The fourth-order valence-electron chi connectivity index (χ4n) is 3.57. The first-order valence-corrected chi connectivity index (χ1v) is 10.7. The Labute approximate surface area is 189 Å². The van der Waals surface area contributed by atoms with Crippen LogP contribution in [0.1, 0.15) is 21.6 Å². The third-order valence-corrected chi connectivity index (χ3v) is 5.88. The quantitative estimate of drug-likeness (QED) is 0.345. The predicted molar refractivity (Wildman–Crippen MR) is 126 cm³/mol. The van der Waals surface area contributed by atoms with Gasteiger partial charge in [-0.1, -0.05) is 18.2 Å². The molecular weight excluding hydrogens is 424 g/mol. The summed E-state index contributed by atoms with van der Waals surface area (Å²) < 4.78 is 6.96. The van der Waals surface area contributed by atoms with Crippen LogP contribution in [0.15, 0.2) is 53.2 Å². The third-order valence-electron chi connectivity index (χ3n) is 5.15. The van der Waals surface area contributed by atoms with Gasteiger partial charge in [-0.05, 0) is 54.4 Å². The van der Waals surface area contributed by atoms with Crippen LogP contribution in [0.5, 0.6) is 5.75 Å². The molecule has 4 aromatic rings. The number of thiophene rings is 1. The summed E-state index contributed by atoms with van der Waals surface area (Å²) in [5.41, 5.74) is 5.10. The molecule has 2 N–H and O–H groups in total. The van der Waals surface area contributed by atoms with Crippen molar-refractivity contribution >= 4 is 34.5 Å². The number of ether oxygens (including phenoxy) is 1. The summed E-state index contributed by atoms with van der Waals surface area (Å²) in [6.45, 7) is 11.4. The zero-order valence-electron chi connectivity index (χ0n) is 17.7. The van der Waals surface area contributed by atoms with E-state index in [9.17, 15) is 9.90 Å². The molecule has 0 radical (unpaired) electrons. The van der Waals surface area contributed by atoms with E-state index in [1.165, 1.54) is 24.5 Å². The number of aromatic nitrogens is 2. The zero-order chi connectivity index (χ0) is 22.8. The van der Waals surface area contributed by atoms with Crippen molar-refractivity contribution in [3.05, 3.63) is 81.5 Å². The molecule has 2 heterocycles. The van der Waals surface area contributed by atoms with Gasteiger partial charge in [-0.3, -0.25) is 0 Å². The van der Waals surface area contributed by atoms with E-state index < -0.39 is 5.97 Å². The molecule has 32 heavy (non-hydrogen) atoms. The Morgan fingerprint density at radius 2 is 2.00 bits per heavy atom. The maximum atomic E-state index is 12.0. The lowest BCUT2D eigenvalue weighted by atomic mass is 10.1. The average molecular weight is 445 g/mol. The Hall–Kier alpha value is -4.09. The standard InChI is InChI=1S/C24H20N4O3S/c1-14-7-5-6-8-21(14)28-23(22(15(2)27-28)18-12-32-13-20(18)25-3)26-19-10-9-16(31-4)11-17(19)24(29)30/h5-13,26H,1-2,4H3,(H,29,30). The van der Waals surface area contributed by atoms with Crippen LogP contribution < -0.4 is 10.1 Å². The van der Waals surface area contributed by atoms with Crippen molar-refractivity contribution in [2.75, 3.05) is 12.4 Å². The molecule has 0 fully saturated rings. The van der Waals surface area contributed by atoms with Gasteiger partial charge < -0.3 is 15.2 Å². The second-order valence-electron chi connectivity index (χ2n) is 7.13. The van der Waals surface area contributed by atoms with Gasteiger partial charge in [0.15, 0.2) is 0 Å². The fourth-order valence-corrected chi connectivity index (χ4v) is 4.32. The number of hydrogen-bond acceptors (Lipinski definition) is 5. The maximum Gasteiger partial charge on any atom is 0.337 e. The number of carbonyl (C=O) groups is 1. The lowest BCUT2D eigenvalue weighted by Gasteiger charge is -2.16. The number of carboxylic acid groups (broad SMARTS) is 1. The highest BCUT2D eigenvalue weighted by molar-refractivity contribution is 7.08. The van der Waals surface area contributed by atoms with Gasteiger partial charge in [0.25, 0.3) is 0 Å². The van der Waals surface area contributed by atoms with E-state index in [2.05, 4.69) is 10.2 Å². The first kappa shape index (κ1) is 21.2. The molecule has 8 heteroatoms. The van der Waals surface area contributed by atoms with Crippen LogP contribution in [0.2, 0.25) is 0 Å². The largest absolute Gasteiger partial charge is 0.497 e. The summed E-state index contributed by atoms with van der Waals surface area (Å²) in [4.78, 5) is 15.6. The number of aryl methyl sites for hydroxylation is 2. The smallest absolute Gasteiger partial charge is 0.337 e. The number of rotatable bonds is 6. The average Bonchev–Trinajstić information content (AvgIpc) is 3.37. The molecule has 0 aliphatic rings. The first-order chi connectivity index (χ1) is 15.4. The van der Waals surface area contributed by atoms with Crippen LogP contribution in [0.25, 0.3) is 21.7 Å². The molecule has 0 unspecified atom stereocenters. The summed E-state index contributed by atoms with van der Waals surface area (Å²) in [5.74, 6) is -0.0401. The molecule has 0 aliphatic carbocycles. The third kappa shape index (κ3) is 3.70. The SMILES string of the molecule is [C-]#[N+]c1cscc1-c1c(C)nn(-c2ccccc2C)c1Nc1ccc(OC)cc1C(=O)O. The maximum absolute atomic E-state index is 12.0. The molecule has 0 saturated carbocycles. The lowest BCUT2D eigenvalue weighted by Crippen LogP contribution is -2.08. The van der Waals surface area contributed by atoms with Crippen molar-refractivity contribution in [2.45, 2.75) is 13.8 Å². The van der Waals surface area contributed by atoms with Crippen LogP contribution in [0.3, 0.4) is 0 Å². The molecular formula is C24H20N4O3S. The molecule has 0 aliphatic heterocycles. The van der Waals surface area contributed by atoms with E-state index >= 15 is 0 Å². The van der Waals surface area contributed by atoms with E-state index in [0.29, 0.717) is 22.9 Å². The van der Waals surface area contributed by atoms with Gasteiger partial charge in [-0.2, -0.15) is 16.4 Å². The topological polar surface area (TPSA) is 80.7 Å². The molecule has 0 saturated heterocycles. The normalized spacial score (nSPS) is 10.6. The summed E-state index contributed by atoms with van der Waals surface area (Å²) in [6, 6.07) is 12.7. The minimum absolute atomic E-state index is 0.0706. The Bertz CT molecular complexity index is 1360. The molecule has 2 aromatic heterocycles. The molecule has 7 nitrogen and oxygen atoms in total. The summed E-state index contributed by atoms with van der Waals surface area (Å²) in [6.07, 6.45) is 0. The number of nitrogens with zero attached hydrogens (tertiary/aromatic N) is 3. The van der Waals surface area contributed by atoms with Gasteiger partial charge in [-0.15, -0.1) is 0 Å². The second-order valence-corrected chi connectivity index (χ2v) is 7.88. The minimum Gasteiger partial charge on any atom is -0.497 e. The van der Waals surface area contributed by atoms with Crippen molar-refractivity contribution < 1.29 is 14.6 Å². The molecule has 0 amide bonds. The van der Waals surface area contributed by atoms with Crippen LogP contribution >= 0.6 is 11.3 Å². The van der Waals surface area contributed by atoms with Crippen molar-refractivity contribution in [3.63, 3.8) is 0 Å². The second kappa shape index (κ2) is 8.57. The Balaban J connectivity index is 1.97. The van der Waals surface area contributed by atoms with Crippen LogP contribution in [0.4, 0.5) is 17.2 Å². The van der Waals surface area contributed by atoms with Crippen molar-refractivity contribution in [1.29, 1.82) is 0 Å². The highest BCUT2D eigenvalue weighted by Crippen LogP contribution is 2.42. The molecule has 2 aromatic carbocycles. The molecule has 0 atom stereocenters. The van der Waals surface area contributed by atoms with E-state index in [-0.39, 0.29) is 5.56 Å². The molecule has 0 bridgehead atoms. The van der Waals surface area contributed by atoms with E-state index in [4.69, 9.17) is 16.4 Å². The lowest BCUT2D eigenvalue weighted by molar-refractivity contribution is 0.0697. The van der Waals surface area contributed by atoms with Gasteiger partial charge in [0.2, 0.25) is 5.69 Å². The van der Waals surface area contributed by atoms with E-state index in [1.54, 1.807) is 22.2 Å². The minimum atomic E-state index is -1.08. The van der Waals surface area contributed by atoms with E-state index in [0.717, 1.165) is 28.1 Å². The van der Waals surface area contributed by atoms with Gasteiger partial charge >= 0.3 is 5.97 Å². The molecule has 160 valence electrons. The van der Waals surface area contributed by atoms with Crippen LogP contribution in [-0.2, 0) is 0 Å². The predicted octanol–water partition coefficient (Wildman–Crippen LogP) is 6.22. The summed E-state index contributed by atoms with van der Waals surface area (Å²) in [5, 5.41) is 21.5. The van der Waals surface area contributed by atoms with Gasteiger partial charge in [0.1, 0.15) is 11.6 Å². The number of benzene rings is 2. The van der Waals surface area contributed by atoms with Gasteiger partial charge in [-0.25, -0.2) is 14.3 Å². The highest BCUT2D eigenvalue weighted by atomic mass is 32.1. The number of para-hydroxylation sites is 1. The Morgan fingerprint density at radius 1 is 1.22 bits per heavy atom. The zero-order valence-corrected chi connectivity index (χ0v) is 18.5. The monoisotopic (exact) mass is 444 g/mol. The summed E-state index contributed by atoms with van der Waals surface area (Å²) >= 11 is 1.44. The van der Waals surface area contributed by atoms with Crippen LogP contribution in [-0.4, -0.2) is 28.0 Å². The van der Waals surface area contributed by atoms with Gasteiger partial charge in [0.05, 0.1) is 36.3 Å². The Morgan fingerprint density at radius 3 is 2.69 bits per heavy atom. The molecule has 0 spiro atoms. The summed E-state index contributed by atoms with van der Waals surface area (Å²) in [7, 11) is 1.49. The number of hydrogen-bond donors (Lipinski definition) is 2. The number of anilines is 2.